The summed E-state index contributed by atoms with van der Waals surface area (Å²) in [5.74, 6) is -0.106. The van der Waals surface area contributed by atoms with Crippen LogP contribution in [0.3, 0.4) is 0 Å². The predicted octanol–water partition coefficient (Wildman–Crippen LogP) is 2.87. The third-order valence-electron chi connectivity index (χ3n) is 3.58. The maximum atomic E-state index is 12.4. The lowest BCUT2D eigenvalue weighted by Gasteiger charge is -2.15. The van der Waals surface area contributed by atoms with Crippen molar-refractivity contribution in [3.63, 3.8) is 0 Å². The van der Waals surface area contributed by atoms with Crippen molar-refractivity contribution in [2.45, 2.75) is 23.8 Å². The van der Waals surface area contributed by atoms with Gasteiger partial charge >= 0.3 is 6.36 Å². The zero-order valence-corrected chi connectivity index (χ0v) is 13.6. The second-order valence-electron chi connectivity index (χ2n) is 5.40. The Labute approximate surface area is 142 Å². The number of sulfonamides is 1. The summed E-state index contributed by atoms with van der Waals surface area (Å²) in [4.78, 5) is -0.581. The number of benzene rings is 2. The van der Waals surface area contributed by atoms with E-state index in [9.17, 15) is 21.6 Å². The summed E-state index contributed by atoms with van der Waals surface area (Å²) in [6, 6.07) is 11.9. The Morgan fingerprint density at radius 2 is 1.80 bits per heavy atom. The van der Waals surface area contributed by atoms with Crippen LogP contribution < -0.4 is 14.2 Å². The van der Waals surface area contributed by atoms with Crippen LogP contribution in [0.15, 0.2) is 53.4 Å². The first-order valence-corrected chi connectivity index (χ1v) is 8.82. The topological polar surface area (TPSA) is 64.6 Å². The van der Waals surface area contributed by atoms with Gasteiger partial charge in [-0.05, 0) is 23.8 Å². The monoisotopic (exact) mass is 373 g/mol. The second-order valence-corrected chi connectivity index (χ2v) is 7.13. The molecule has 1 aliphatic heterocycles. The van der Waals surface area contributed by atoms with Gasteiger partial charge in [-0.2, -0.15) is 0 Å². The highest BCUT2D eigenvalue weighted by Crippen LogP contribution is 2.30. The number of rotatable bonds is 5. The molecule has 3 rings (SSSR count). The summed E-state index contributed by atoms with van der Waals surface area (Å²) in [5.41, 5.74) is 0.951. The molecular formula is C16H14F3NO4S. The van der Waals surface area contributed by atoms with Crippen LogP contribution in [0, 0.1) is 0 Å². The van der Waals surface area contributed by atoms with Crippen LogP contribution in [0.1, 0.15) is 5.56 Å². The van der Waals surface area contributed by atoms with Crippen LogP contribution in [0.25, 0.3) is 0 Å². The highest BCUT2D eigenvalue weighted by Gasteiger charge is 2.34. The van der Waals surface area contributed by atoms with Gasteiger partial charge in [0, 0.05) is 13.0 Å². The molecule has 0 saturated carbocycles. The first-order chi connectivity index (χ1) is 11.7. The number of alkyl halides is 3. The molecule has 2 aromatic carbocycles. The average molecular weight is 373 g/mol. The minimum atomic E-state index is -4.98. The molecule has 0 aliphatic carbocycles. The van der Waals surface area contributed by atoms with Gasteiger partial charge < -0.3 is 9.47 Å². The van der Waals surface area contributed by atoms with Crippen molar-refractivity contribution in [3.8, 4) is 11.5 Å². The Morgan fingerprint density at radius 1 is 1.12 bits per heavy atom. The third-order valence-corrected chi connectivity index (χ3v) is 5.04. The van der Waals surface area contributed by atoms with Crippen molar-refractivity contribution in [3.05, 3.63) is 54.1 Å². The Balaban J connectivity index is 1.71. The number of fused-ring (bicyclic) bond motifs is 1. The van der Waals surface area contributed by atoms with E-state index in [4.69, 9.17) is 4.74 Å². The van der Waals surface area contributed by atoms with Gasteiger partial charge in [0.1, 0.15) is 22.5 Å². The van der Waals surface area contributed by atoms with Crippen molar-refractivity contribution < 1.29 is 31.1 Å². The Bertz CT molecular complexity index is 843. The van der Waals surface area contributed by atoms with E-state index in [2.05, 4.69) is 9.46 Å². The van der Waals surface area contributed by atoms with Gasteiger partial charge in [0.15, 0.2) is 0 Å². The normalized spacial score (nSPS) is 17.0. The van der Waals surface area contributed by atoms with Gasteiger partial charge in [0.05, 0.1) is 0 Å². The summed E-state index contributed by atoms with van der Waals surface area (Å²) < 4.78 is 73.7. The molecule has 0 saturated heterocycles. The molecule has 0 spiro atoms. The molecule has 0 radical (unpaired) electrons. The number of para-hydroxylation sites is 2. The fraction of sp³-hybridized carbons (Fsp3) is 0.250. The van der Waals surface area contributed by atoms with Gasteiger partial charge in [-0.25, -0.2) is 13.1 Å². The van der Waals surface area contributed by atoms with Crippen LogP contribution in [0.2, 0.25) is 0 Å². The lowest BCUT2D eigenvalue weighted by Crippen LogP contribution is -2.34. The molecule has 5 nitrogen and oxygen atoms in total. The number of ether oxygens (including phenoxy) is 2. The first kappa shape index (κ1) is 17.6. The number of hydrogen-bond donors (Lipinski definition) is 1. The van der Waals surface area contributed by atoms with Gasteiger partial charge in [-0.15, -0.1) is 13.2 Å². The Morgan fingerprint density at radius 3 is 2.52 bits per heavy atom. The fourth-order valence-corrected chi connectivity index (χ4v) is 3.72. The van der Waals surface area contributed by atoms with Crippen LogP contribution in [-0.4, -0.2) is 27.4 Å². The molecule has 25 heavy (non-hydrogen) atoms. The smallest absolute Gasteiger partial charge is 0.488 e. The van der Waals surface area contributed by atoms with Crippen LogP contribution in [0.4, 0.5) is 13.2 Å². The van der Waals surface area contributed by atoms with E-state index in [1.54, 1.807) is 12.1 Å². The molecule has 0 unspecified atom stereocenters. The van der Waals surface area contributed by atoms with Crippen LogP contribution in [-0.2, 0) is 16.4 Å². The van der Waals surface area contributed by atoms with Crippen molar-refractivity contribution in [1.29, 1.82) is 0 Å². The maximum absolute atomic E-state index is 12.4. The lowest BCUT2D eigenvalue weighted by molar-refractivity contribution is -0.275. The third kappa shape index (κ3) is 4.23. The molecule has 1 aliphatic rings. The van der Waals surface area contributed by atoms with Crippen molar-refractivity contribution >= 4 is 10.0 Å². The number of halogens is 3. The highest BCUT2D eigenvalue weighted by molar-refractivity contribution is 7.89. The summed E-state index contributed by atoms with van der Waals surface area (Å²) in [6.07, 6.45) is -4.90. The zero-order valence-electron chi connectivity index (χ0n) is 12.8. The minimum Gasteiger partial charge on any atom is -0.488 e. The van der Waals surface area contributed by atoms with E-state index in [1.807, 2.05) is 12.1 Å². The summed E-state index contributed by atoms with van der Waals surface area (Å²) in [5, 5.41) is 0. The predicted molar refractivity (Wildman–Crippen MR) is 82.9 cm³/mol. The molecule has 1 heterocycles. The zero-order chi connectivity index (χ0) is 18.1. The van der Waals surface area contributed by atoms with Gasteiger partial charge in [0.25, 0.3) is 0 Å². The quantitative estimate of drug-likeness (QED) is 0.875. The molecule has 0 aromatic heterocycles. The molecule has 9 heteroatoms. The van der Waals surface area contributed by atoms with Crippen LogP contribution >= 0.6 is 0 Å². The van der Waals surface area contributed by atoms with Crippen molar-refractivity contribution in [2.75, 3.05) is 6.54 Å². The summed E-state index contributed by atoms with van der Waals surface area (Å²) in [6.45, 7) is -0.0721. The highest BCUT2D eigenvalue weighted by atomic mass is 32.2. The molecular weight excluding hydrogens is 359 g/mol. The lowest BCUT2D eigenvalue weighted by atomic mass is 10.1. The minimum absolute atomic E-state index is 0.0721. The van der Waals surface area contributed by atoms with E-state index < -0.39 is 33.1 Å². The van der Waals surface area contributed by atoms with E-state index in [-0.39, 0.29) is 6.54 Å². The Kier molecular flexibility index (Phi) is 4.61. The number of nitrogens with one attached hydrogen (secondary N) is 1. The Hall–Kier alpha value is -2.26. The number of hydrogen-bond acceptors (Lipinski definition) is 4. The molecule has 2 aromatic rings. The van der Waals surface area contributed by atoms with Gasteiger partial charge in [-0.3, -0.25) is 0 Å². The molecule has 0 bridgehead atoms. The summed E-state index contributed by atoms with van der Waals surface area (Å²) in [7, 11) is -4.19. The van der Waals surface area contributed by atoms with Crippen molar-refractivity contribution in [1.82, 2.24) is 4.72 Å². The van der Waals surface area contributed by atoms with E-state index >= 15 is 0 Å². The fourth-order valence-electron chi connectivity index (χ4n) is 2.53. The largest absolute Gasteiger partial charge is 0.573 e. The summed E-state index contributed by atoms with van der Waals surface area (Å²) >= 11 is 0. The van der Waals surface area contributed by atoms with Crippen LogP contribution in [0.5, 0.6) is 11.5 Å². The maximum Gasteiger partial charge on any atom is 0.573 e. The van der Waals surface area contributed by atoms with E-state index in [0.29, 0.717) is 12.2 Å². The van der Waals surface area contributed by atoms with Gasteiger partial charge in [0.2, 0.25) is 10.0 Å². The molecule has 0 fully saturated rings. The molecule has 0 amide bonds. The molecule has 1 atom stereocenters. The van der Waals surface area contributed by atoms with Gasteiger partial charge in [-0.1, -0.05) is 30.3 Å². The molecule has 134 valence electrons. The average Bonchev–Trinajstić information content (AvgIpc) is 2.95. The van der Waals surface area contributed by atoms with E-state index in [0.717, 1.165) is 17.7 Å². The van der Waals surface area contributed by atoms with E-state index in [1.165, 1.54) is 12.1 Å². The SMILES string of the molecule is O=S(=O)(NC[C@@H]1Cc2ccccc2O1)c1ccccc1OC(F)(F)F. The standard InChI is InChI=1S/C16H14F3NO4S/c17-16(18,19)24-14-7-3-4-8-15(14)25(21,22)20-10-12-9-11-5-1-2-6-13(11)23-12/h1-8,12,20H,9-10H2/t12-/m0/s1. The second kappa shape index (κ2) is 6.57. The molecule has 1 N–H and O–H groups in total. The van der Waals surface area contributed by atoms with Crippen molar-refractivity contribution in [2.24, 2.45) is 0 Å². The first-order valence-electron chi connectivity index (χ1n) is 7.33.